The van der Waals surface area contributed by atoms with Crippen LogP contribution in [-0.2, 0) is 4.79 Å². The molecule has 1 aromatic heterocycles. The van der Waals surface area contributed by atoms with Gasteiger partial charge in [-0.15, -0.1) is 0 Å². The lowest BCUT2D eigenvalue weighted by Gasteiger charge is -2.32. The number of nitrogens with one attached hydrogen (secondary N) is 2. The average Bonchev–Trinajstić information content (AvgIpc) is 2.83. The first-order valence-electron chi connectivity index (χ1n) is 11.7. The van der Waals surface area contributed by atoms with Gasteiger partial charge in [-0.3, -0.25) is 14.6 Å². The van der Waals surface area contributed by atoms with Crippen LogP contribution in [0.3, 0.4) is 0 Å². The minimum atomic E-state index is -0.497. The molecule has 0 radical (unpaired) electrons. The van der Waals surface area contributed by atoms with Crippen LogP contribution in [0.5, 0.6) is 0 Å². The minimum absolute atomic E-state index is 0.135. The Kier molecular flexibility index (Phi) is 8.77. The first-order valence-corrected chi connectivity index (χ1v) is 11.7. The van der Waals surface area contributed by atoms with Crippen molar-refractivity contribution in [3.05, 3.63) is 65.5 Å². The number of hydrogen-bond acceptors (Lipinski definition) is 4. The van der Waals surface area contributed by atoms with E-state index >= 15 is 0 Å². The van der Waals surface area contributed by atoms with Crippen LogP contribution in [0.2, 0.25) is 0 Å². The molecule has 1 saturated carbocycles. The molecule has 6 nitrogen and oxygen atoms in total. The van der Waals surface area contributed by atoms with E-state index in [1.165, 1.54) is 0 Å². The highest BCUT2D eigenvalue weighted by atomic mass is 16.2. The summed E-state index contributed by atoms with van der Waals surface area (Å²) in [4.78, 5) is 29.8. The third-order valence-electron chi connectivity index (χ3n) is 5.95. The lowest BCUT2D eigenvalue weighted by Crippen LogP contribution is -2.50. The smallest absolute Gasteiger partial charge is 0.251 e. The fourth-order valence-electron chi connectivity index (χ4n) is 4.18. The van der Waals surface area contributed by atoms with Crippen LogP contribution < -0.4 is 10.6 Å². The molecule has 0 saturated heterocycles. The van der Waals surface area contributed by atoms with Crippen molar-refractivity contribution in [1.29, 1.82) is 5.26 Å². The van der Waals surface area contributed by atoms with E-state index in [-0.39, 0.29) is 23.8 Å². The van der Waals surface area contributed by atoms with Crippen molar-refractivity contribution >= 4 is 24.0 Å². The molecule has 3 rings (SSSR count). The molecule has 1 aliphatic rings. The molecular formula is C27H32N4O2. The first kappa shape index (κ1) is 24.2. The normalized spacial score (nSPS) is 19.1. The maximum atomic E-state index is 12.9. The van der Waals surface area contributed by atoms with Crippen LogP contribution in [0.4, 0.5) is 0 Å². The molecule has 0 bridgehead atoms. The Balaban J connectivity index is 1.61. The predicted octanol–water partition coefficient (Wildman–Crippen LogP) is 4.60. The van der Waals surface area contributed by atoms with Gasteiger partial charge in [-0.2, -0.15) is 5.26 Å². The molecule has 2 amide bonds. The first-order chi connectivity index (χ1) is 16.0. The largest absolute Gasteiger partial charge is 0.349 e. The summed E-state index contributed by atoms with van der Waals surface area (Å²) >= 11 is 0. The topological polar surface area (TPSA) is 94.9 Å². The number of pyridine rings is 1. The zero-order valence-corrected chi connectivity index (χ0v) is 19.3. The van der Waals surface area contributed by atoms with Crippen LogP contribution in [0.25, 0.3) is 12.2 Å². The number of carbonyl (C=O) groups excluding carboxylic acids is 2. The molecule has 172 valence electrons. The quantitative estimate of drug-likeness (QED) is 0.622. The Labute approximate surface area is 196 Å². The van der Waals surface area contributed by atoms with Crippen molar-refractivity contribution in [2.45, 2.75) is 58.0 Å². The third kappa shape index (κ3) is 7.28. The second-order valence-corrected chi connectivity index (χ2v) is 9.03. The molecule has 2 N–H and O–H groups in total. The standard InChI is InChI=1S/C27H32N4O2/c1-19(2)17-23(18-28)30-27(33)24-5-3-4-6-25(24)31-26(32)22-11-9-20(10-12-22)7-8-21-13-15-29-16-14-21/h7-16,19,23-25H,3-6,17H2,1-2H3,(H,30,33)(H,31,32)/t23-,24+,25-/m0/s1. The summed E-state index contributed by atoms with van der Waals surface area (Å²) in [6.45, 7) is 4.06. The van der Waals surface area contributed by atoms with Gasteiger partial charge in [0.1, 0.15) is 6.04 Å². The highest BCUT2D eigenvalue weighted by molar-refractivity contribution is 5.95. The van der Waals surface area contributed by atoms with Crippen molar-refractivity contribution in [2.24, 2.45) is 11.8 Å². The van der Waals surface area contributed by atoms with Gasteiger partial charge in [0.2, 0.25) is 5.91 Å². The lowest BCUT2D eigenvalue weighted by atomic mass is 9.83. The summed E-state index contributed by atoms with van der Waals surface area (Å²) in [5.74, 6) is -0.306. The van der Waals surface area contributed by atoms with Crippen molar-refractivity contribution in [3.63, 3.8) is 0 Å². The van der Waals surface area contributed by atoms with Gasteiger partial charge in [0, 0.05) is 24.0 Å². The lowest BCUT2D eigenvalue weighted by molar-refractivity contribution is -0.127. The number of hydrogen-bond donors (Lipinski definition) is 2. The van der Waals surface area contributed by atoms with Gasteiger partial charge in [0.25, 0.3) is 5.91 Å². The molecular weight excluding hydrogens is 412 g/mol. The molecule has 33 heavy (non-hydrogen) atoms. The number of nitriles is 1. The molecule has 1 heterocycles. The Morgan fingerprint density at radius 2 is 1.70 bits per heavy atom. The number of amides is 2. The highest BCUT2D eigenvalue weighted by Crippen LogP contribution is 2.25. The van der Waals surface area contributed by atoms with E-state index in [1.54, 1.807) is 24.5 Å². The maximum Gasteiger partial charge on any atom is 0.251 e. The fraction of sp³-hybridized carbons (Fsp3) is 0.407. The second-order valence-electron chi connectivity index (χ2n) is 9.03. The minimum Gasteiger partial charge on any atom is -0.349 e. The number of carbonyl (C=O) groups is 2. The van der Waals surface area contributed by atoms with Gasteiger partial charge in [0.15, 0.2) is 0 Å². The van der Waals surface area contributed by atoms with E-state index in [1.807, 2.05) is 50.3 Å². The van der Waals surface area contributed by atoms with Crippen molar-refractivity contribution in [2.75, 3.05) is 0 Å². The summed E-state index contributed by atoms with van der Waals surface area (Å²) in [7, 11) is 0. The van der Waals surface area contributed by atoms with E-state index < -0.39 is 6.04 Å². The molecule has 0 unspecified atom stereocenters. The molecule has 2 aromatic rings. The van der Waals surface area contributed by atoms with Crippen molar-refractivity contribution in [3.8, 4) is 6.07 Å². The molecule has 0 aliphatic heterocycles. The molecule has 0 spiro atoms. The van der Waals surface area contributed by atoms with E-state index in [0.717, 1.165) is 36.8 Å². The summed E-state index contributed by atoms with van der Waals surface area (Å²) in [6.07, 6.45) is 11.5. The zero-order chi connectivity index (χ0) is 23.6. The second kappa shape index (κ2) is 12.0. The van der Waals surface area contributed by atoms with E-state index in [2.05, 4.69) is 21.7 Å². The van der Waals surface area contributed by atoms with Gasteiger partial charge >= 0.3 is 0 Å². The number of rotatable bonds is 8. The summed E-state index contributed by atoms with van der Waals surface area (Å²) < 4.78 is 0. The molecule has 1 aromatic carbocycles. The molecule has 3 atom stereocenters. The van der Waals surface area contributed by atoms with Crippen LogP contribution in [0.1, 0.15) is 67.4 Å². The summed E-state index contributed by atoms with van der Waals surface area (Å²) in [6, 6.07) is 12.7. The van der Waals surface area contributed by atoms with Gasteiger partial charge in [-0.25, -0.2) is 0 Å². The SMILES string of the molecule is CC(C)C[C@@H](C#N)NC(=O)[C@@H]1CCCC[C@@H]1NC(=O)c1ccc(C=Cc2ccncc2)cc1. The van der Waals surface area contributed by atoms with Gasteiger partial charge in [-0.1, -0.05) is 51.0 Å². The highest BCUT2D eigenvalue weighted by Gasteiger charge is 2.33. The van der Waals surface area contributed by atoms with Gasteiger partial charge < -0.3 is 10.6 Å². The molecule has 6 heteroatoms. The van der Waals surface area contributed by atoms with E-state index in [9.17, 15) is 14.9 Å². The maximum absolute atomic E-state index is 12.9. The van der Waals surface area contributed by atoms with Crippen LogP contribution in [0.15, 0.2) is 48.8 Å². The number of aromatic nitrogens is 1. The zero-order valence-electron chi connectivity index (χ0n) is 19.3. The van der Waals surface area contributed by atoms with Crippen LogP contribution >= 0.6 is 0 Å². The summed E-state index contributed by atoms with van der Waals surface area (Å²) in [5, 5.41) is 15.3. The van der Waals surface area contributed by atoms with Crippen molar-refractivity contribution < 1.29 is 9.59 Å². The van der Waals surface area contributed by atoms with Gasteiger partial charge in [0.05, 0.1) is 12.0 Å². The average molecular weight is 445 g/mol. The fourth-order valence-corrected chi connectivity index (χ4v) is 4.18. The van der Waals surface area contributed by atoms with Crippen molar-refractivity contribution in [1.82, 2.24) is 15.6 Å². The van der Waals surface area contributed by atoms with Crippen LogP contribution in [0, 0.1) is 23.2 Å². The summed E-state index contributed by atoms with van der Waals surface area (Å²) in [5.41, 5.74) is 2.61. The Bertz CT molecular complexity index is 993. The Hall–Kier alpha value is -3.46. The third-order valence-corrected chi connectivity index (χ3v) is 5.95. The Morgan fingerprint density at radius 1 is 1.06 bits per heavy atom. The van der Waals surface area contributed by atoms with E-state index in [0.29, 0.717) is 17.9 Å². The number of nitrogens with zero attached hydrogens (tertiary/aromatic N) is 2. The number of benzene rings is 1. The van der Waals surface area contributed by atoms with E-state index in [4.69, 9.17) is 0 Å². The van der Waals surface area contributed by atoms with Gasteiger partial charge in [-0.05, 0) is 60.6 Å². The molecule has 1 fully saturated rings. The van der Waals surface area contributed by atoms with Crippen LogP contribution in [-0.4, -0.2) is 28.9 Å². The monoisotopic (exact) mass is 444 g/mol. The Morgan fingerprint density at radius 3 is 2.33 bits per heavy atom. The predicted molar refractivity (Wildman–Crippen MR) is 130 cm³/mol. The molecule has 1 aliphatic carbocycles.